The third-order valence-electron chi connectivity index (χ3n) is 7.15. The molecule has 0 unspecified atom stereocenters. The lowest BCUT2D eigenvalue weighted by Crippen LogP contribution is -2.42. The first-order chi connectivity index (χ1) is 12.5. The Bertz CT molecular complexity index is 633. The fraction of sp³-hybridized carbons (Fsp3) is 0.708. The Morgan fingerprint density at radius 3 is 2.33 bits per heavy atom. The molecule has 0 N–H and O–H groups in total. The summed E-state index contributed by atoms with van der Waals surface area (Å²) < 4.78 is 6.64. The molecule has 152 valence electrons. The summed E-state index contributed by atoms with van der Waals surface area (Å²) in [6.07, 6.45) is 15.2. The minimum Gasteiger partial charge on any atom is -0.547 e. The first-order valence-corrected chi connectivity index (χ1v) is 13.6. The van der Waals surface area contributed by atoms with Gasteiger partial charge in [-0.2, -0.15) is 0 Å². The van der Waals surface area contributed by atoms with Crippen molar-refractivity contribution >= 4 is 14.6 Å². The molecule has 2 aliphatic rings. The summed E-state index contributed by atoms with van der Waals surface area (Å²) >= 11 is 0. The van der Waals surface area contributed by atoms with E-state index in [1.165, 1.54) is 17.4 Å². The largest absolute Gasteiger partial charge is 0.547 e. The molecule has 2 atom stereocenters. The third kappa shape index (κ3) is 5.46. The highest BCUT2D eigenvalue weighted by Gasteiger charge is 2.44. The molecule has 0 saturated heterocycles. The highest BCUT2D eigenvalue weighted by molar-refractivity contribution is 6.74. The van der Waals surface area contributed by atoms with Crippen molar-refractivity contribution in [1.29, 1.82) is 0 Å². The second-order valence-corrected chi connectivity index (χ2v) is 15.1. The SMILES string of the molecule is C/C1=C\C[C@]2(C=O)CC=C(O[Si](C)(C)C(C)(C)C)C[C@H]2CC/C(C)=C/CC1. The molecule has 0 spiro atoms. The summed E-state index contributed by atoms with van der Waals surface area (Å²) in [4.78, 5) is 12.3. The summed E-state index contributed by atoms with van der Waals surface area (Å²) in [5, 5.41) is 0.195. The van der Waals surface area contributed by atoms with Gasteiger partial charge in [0.2, 0.25) is 8.32 Å². The molecule has 0 bridgehead atoms. The van der Waals surface area contributed by atoms with Gasteiger partial charge in [0.25, 0.3) is 0 Å². The molecule has 2 nitrogen and oxygen atoms in total. The fourth-order valence-electron chi connectivity index (χ4n) is 3.91. The molecule has 0 aromatic heterocycles. The lowest BCUT2D eigenvalue weighted by atomic mass is 9.65. The van der Waals surface area contributed by atoms with E-state index in [1.54, 1.807) is 0 Å². The van der Waals surface area contributed by atoms with E-state index in [4.69, 9.17) is 4.43 Å². The predicted molar refractivity (Wildman–Crippen MR) is 118 cm³/mol. The van der Waals surface area contributed by atoms with Crippen molar-refractivity contribution < 1.29 is 9.22 Å². The van der Waals surface area contributed by atoms with Crippen LogP contribution in [-0.2, 0) is 9.22 Å². The van der Waals surface area contributed by atoms with Crippen LogP contribution in [0, 0.1) is 11.3 Å². The van der Waals surface area contributed by atoms with Gasteiger partial charge in [-0.1, -0.05) is 44.1 Å². The minimum absolute atomic E-state index is 0.195. The van der Waals surface area contributed by atoms with Gasteiger partial charge >= 0.3 is 0 Å². The van der Waals surface area contributed by atoms with Crippen LogP contribution in [0.5, 0.6) is 0 Å². The zero-order chi connectivity index (χ0) is 20.3. The van der Waals surface area contributed by atoms with Crippen LogP contribution in [0.15, 0.2) is 35.1 Å². The second-order valence-electron chi connectivity index (χ2n) is 10.4. The summed E-state index contributed by atoms with van der Waals surface area (Å²) in [7, 11) is -1.84. The molecule has 3 heteroatoms. The first kappa shape index (κ1) is 22.2. The molecule has 0 aromatic rings. The zero-order valence-corrected chi connectivity index (χ0v) is 19.7. The van der Waals surface area contributed by atoms with E-state index < -0.39 is 8.32 Å². The van der Waals surface area contributed by atoms with Crippen molar-refractivity contribution in [3.8, 4) is 0 Å². The molecule has 0 heterocycles. The maximum atomic E-state index is 12.3. The van der Waals surface area contributed by atoms with Gasteiger partial charge in [0, 0.05) is 11.8 Å². The normalized spacial score (nSPS) is 32.0. The number of allylic oxidation sites excluding steroid dienone is 6. The quantitative estimate of drug-likeness (QED) is 0.287. The molecule has 0 amide bonds. The van der Waals surface area contributed by atoms with Gasteiger partial charge < -0.3 is 9.22 Å². The Kier molecular flexibility index (Phi) is 6.99. The van der Waals surface area contributed by atoms with Crippen LogP contribution >= 0.6 is 0 Å². The van der Waals surface area contributed by atoms with Gasteiger partial charge in [-0.3, -0.25) is 0 Å². The van der Waals surface area contributed by atoms with E-state index in [9.17, 15) is 4.79 Å². The summed E-state index contributed by atoms with van der Waals surface area (Å²) in [6, 6.07) is 0. The Morgan fingerprint density at radius 1 is 1.07 bits per heavy atom. The van der Waals surface area contributed by atoms with Crippen LogP contribution in [0.2, 0.25) is 18.1 Å². The molecule has 0 radical (unpaired) electrons. The Balaban J connectivity index is 2.29. The smallest absolute Gasteiger partial charge is 0.250 e. The maximum absolute atomic E-state index is 12.3. The number of aldehydes is 1. The van der Waals surface area contributed by atoms with Gasteiger partial charge in [-0.25, -0.2) is 0 Å². The molecule has 0 fully saturated rings. The molecular formula is C24H40O2Si. The molecule has 0 saturated carbocycles. The molecule has 2 aliphatic carbocycles. The van der Waals surface area contributed by atoms with Gasteiger partial charge in [0.1, 0.15) is 6.29 Å². The zero-order valence-electron chi connectivity index (χ0n) is 18.7. The van der Waals surface area contributed by atoms with Crippen LogP contribution in [0.3, 0.4) is 0 Å². The molecule has 0 aliphatic heterocycles. The molecule has 0 aromatic carbocycles. The van der Waals surface area contributed by atoms with E-state index in [0.29, 0.717) is 5.92 Å². The number of rotatable bonds is 3. The van der Waals surface area contributed by atoms with E-state index in [-0.39, 0.29) is 10.5 Å². The highest BCUT2D eigenvalue weighted by Crippen LogP contribution is 2.47. The van der Waals surface area contributed by atoms with Crippen molar-refractivity contribution in [2.24, 2.45) is 11.3 Å². The fourth-order valence-corrected chi connectivity index (χ4v) is 5.04. The van der Waals surface area contributed by atoms with Crippen LogP contribution in [0.4, 0.5) is 0 Å². The summed E-state index contributed by atoms with van der Waals surface area (Å²) in [5.74, 6) is 1.51. The van der Waals surface area contributed by atoms with Crippen molar-refractivity contribution in [3.05, 3.63) is 35.1 Å². The van der Waals surface area contributed by atoms with E-state index in [2.05, 4.69) is 65.9 Å². The Morgan fingerprint density at radius 2 is 1.70 bits per heavy atom. The average Bonchev–Trinajstić information content (AvgIpc) is 2.60. The highest BCUT2D eigenvalue weighted by atomic mass is 28.4. The van der Waals surface area contributed by atoms with Crippen LogP contribution in [0.25, 0.3) is 0 Å². The number of carbonyl (C=O) groups is 1. The lowest BCUT2D eigenvalue weighted by molar-refractivity contribution is -0.119. The maximum Gasteiger partial charge on any atom is 0.250 e. The standard InChI is InChI=1S/C24H40O2Si/c1-19-9-8-10-20(2)13-15-24(18-25)16-14-22(17-21(24)12-11-19)26-27(6,7)23(3,4)5/h9,13-14,18,21H,8,10-12,15-17H2,1-7H3/b19-9+,20-13+/t21-,24-/m1/s1. The third-order valence-corrected chi connectivity index (χ3v) is 11.5. The number of carbonyl (C=O) groups excluding carboxylic acids is 1. The van der Waals surface area contributed by atoms with E-state index in [0.717, 1.165) is 50.7 Å². The molecule has 2 rings (SSSR count). The van der Waals surface area contributed by atoms with Gasteiger partial charge in [0.05, 0.1) is 5.76 Å². The number of fused-ring (bicyclic) bond motifs is 1. The first-order valence-electron chi connectivity index (χ1n) is 10.6. The van der Waals surface area contributed by atoms with Crippen LogP contribution in [-0.4, -0.2) is 14.6 Å². The van der Waals surface area contributed by atoms with Crippen LogP contribution < -0.4 is 0 Å². The number of hydrogen-bond acceptors (Lipinski definition) is 2. The molecular weight excluding hydrogens is 348 g/mol. The Hall–Kier alpha value is -1.09. The minimum atomic E-state index is -1.84. The van der Waals surface area contributed by atoms with Crippen molar-refractivity contribution in [1.82, 2.24) is 0 Å². The lowest BCUT2D eigenvalue weighted by Gasteiger charge is -2.43. The second kappa shape index (κ2) is 8.51. The van der Waals surface area contributed by atoms with Crippen LogP contribution in [0.1, 0.15) is 79.6 Å². The van der Waals surface area contributed by atoms with Crippen molar-refractivity contribution in [2.75, 3.05) is 0 Å². The predicted octanol–water partition coefficient (Wildman–Crippen LogP) is 7.34. The number of hydrogen-bond donors (Lipinski definition) is 0. The van der Waals surface area contributed by atoms with E-state index in [1.807, 2.05) is 0 Å². The van der Waals surface area contributed by atoms with Gasteiger partial charge in [0.15, 0.2) is 0 Å². The van der Waals surface area contributed by atoms with Crippen molar-refractivity contribution in [2.45, 2.75) is 97.7 Å². The van der Waals surface area contributed by atoms with Crippen molar-refractivity contribution in [3.63, 3.8) is 0 Å². The average molecular weight is 389 g/mol. The summed E-state index contributed by atoms with van der Waals surface area (Å²) in [5.41, 5.74) is 2.62. The topological polar surface area (TPSA) is 26.3 Å². The summed E-state index contributed by atoms with van der Waals surface area (Å²) in [6.45, 7) is 15.9. The monoisotopic (exact) mass is 388 g/mol. The Labute approximate surface area is 168 Å². The van der Waals surface area contributed by atoms with Gasteiger partial charge in [-0.05, 0) is 82.5 Å². The van der Waals surface area contributed by atoms with E-state index >= 15 is 0 Å². The molecule has 27 heavy (non-hydrogen) atoms. The van der Waals surface area contributed by atoms with Gasteiger partial charge in [-0.15, -0.1) is 0 Å².